The summed E-state index contributed by atoms with van der Waals surface area (Å²) in [5.74, 6) is 0.128. The molecule has 3 aromatic carbocycles. The quantitative estimate of drug-likeness (QED) is 0.357. The summed E-state index contributed by atoms with van der Waals surface area (Å²) in [6.07, 6.45) is 0.597. The van der Waals surface area contributed by atoms with Crippen molar-refractivity contribution in [2.24, 2.45) is 0 Å². The first-order valence-electron chi connectivity index (χ1n) is 12.7. The lowest BCUT2D eigenvalue weighted by Gasteiger charge is -2.34. The summed E-state index contributed by atoms with van der Waals surface area (Å²) in [5, 5.41) is 11.5. The van der Waals surface area contributed by atoms with Gasteiger partial charge in [-0.05, 0) is 75.1 Å². The van der Waals surface area contributed by atoms with E-state index in [1.54, 1.807) is 16.7 Å². The zero-order valence-electron chi connectivity index (χ0n) is 22.6. The summed E-state index contributed by atoms with van der Waals surface area (Å²) in [6.45, 7) is 8.12. The molecular weight excluding hydrogens is 478 g/mol. The Labute approximate surface area is 223 Å². The first-order valence-corrected chi connectivity index (χ1v) is 12.7. The fourth-order valence-corrected chi connectivity index (χ4v) is 4.50. The molecular formula is C30H35N5O3. The Kier molecular flexibility index (Phi) is 8.10. The number of amides is 2. The lowest BCUT2D eigenvalue weighted by molar-refractivity contribution is -0.142. The predicted molar refractivity (Wildman–Crippen MR) is 148 cm³/mol. The largest absolute Gasteiger partial charge is 0.497 e. The van der Waals surface area contributed by atoms with E-state index >= 15 is 0 Å². The molecule has 1 N–H and O–H groups in total. The van der Waals surface area contributed by atoms with Gasteiger partial charge in [-0.1, -0.05) is 53.7 Å². The number of nitrogens with one attached hydrogen (secondary N) is 1. The fraction of sp³-hybridized carbons (Fsp3) is 0.333. The molecule has 8 nitrogen and oxygen atoms in total. The molecule has 38 heavy (non-hydrogen) atoms. The molecule has 0 aliphatic rings. The monoisotopic (exact) mass is 513 g/mol. The van der Waals surface area contributed by atoms with Crippen molar-refractivity contribution in [2.45, 2.75) is 52.2 Å². The molecule has 0 saturated carbocycles. The van der Waals surface area contributed by atoms with Gasteiger partial charge in [-0.3, -0.25) is 9.59 Å². The van der Waals surface area contributed by atoms with Gasteiger partial charge in [0.05, 0.1) is 12.6 Å². The van der Waals surface area contributed by atoms with Crippen molar-refractivity contribution < 1.29 is 14.3 Å². The summed E-state index contributed by atoms with van der Waals surface area (Å²) in [7, 11) is 1.58. The molecule has 2 amide bonds. The molecule has 0 unspecified atom stereocenters. The topological polar surface area (TPSA) is 89.4 Å². The first kappa shape index (κ1) is 26.9. The summed E-state index contributed by atoms with van der Waals surface area (Å²) in [6, 6.07) is 22.1. The van der Waals surface area contributed by atoms with Crippen molar-refractivity contribution in [3.63, 3.8) is 0 Å². The Hall–Kier alpha value is -4.20. The number of carbonyl (C=O) groups is 2. The van der Waals surface area contributed by atoms with E-state index < -0.39 is 11.6 Å². The first-order chi connectivity index (χ1) is 18.2. The average molecular weight is 514 g/mol. The van der Waals surface area contributed by atoms with E-state index in [1.807, 2.05) is 81.4 Å². The average Bonchev–Trinajstić information content (AvgIpc) is 3.29. The number of fused-ring (bicyclic) bond motifs is 1. The normalized spacial score (nSPS) is 12.2. The second-order valence-corrected chi connectivity index (χ2v) is 10.4. The van der Waals surface area contributed by atoms with Gasteiger partial charge in [-0.2, -0.15) is 0 Å². The SMILES string of the molecule is COc1cccc([C@@H](C(=O)NC(C)(C)C)N(CCc2ccccc2C)C(=O)Cn2nnc3ccccc32)c1. The maximum absolute atomic E-state index is 14.0. The number of hydrogen-bond donors (Lipinski definition) is 1. The van der Waals surface area contributed by atoms with E-state index in [0.29, 0.717) is 29.8 Å². The summed E-state index contributed by atoms with van der Waals surface area (Å²) < 4.78 is 7.03. The van der Waals surface area contributed by atoms with Gasteiger partial charge in [0.2, 0.25) is 11.8 Å². The van der Waals surface area contributed by atoms with Crippen LogP contribution in [0.2, 0.25) is 0 Å². The van der Waals surface area contributed by atoms with Crippen LogP contribution in [-0.4, -0.2) is 50.9 Å². The van der Waals surface area contributed by atoms with Crippen molar-refractivity contribution in [2.75, 3.05) is 13.7 Å². The molecule has 1 atom stereocenters. The smallest absolute Gasteiger partial charge is 0.247 e. The van der Waals surface area contributed by atoms with Crippen LogP contribution in [-0.2, 0) is 22.6 Å². The Balaban J connectivity index is 1.75. The van der Waals surface area contributed by atoms with Gasteiger partial charge >= 0.3 is 0 Å². The van der Waals surface area contributed by atoms with Gasteiger partial charge in [-0.25, -0.2) is 4.68 Å². The highest BCUT2D eigenvalue weighted by atomic mass is 16.5. The molecule has 4 rings (SSSR count). The summed E-state index contributed by atoms with van der Waals surface area (Å²) >= 11 is 0. The van der Waals surface area contributed by atoms with Crippen LogP contribution in [0.3, 0.4) is 0 Å². The highest BCUT2D eigenvalue weighted by Crippen LogP contribution is 2.27. The molecule has 1 aromatic heterocycles. The number of aryl methyl sites for hydroxylation is 1. The van der Waals surface area contributed by atoms with Crippen molar-refractivity contribution in [1.29, 1.82) is 0 Å². The highest BCUT2D eigenvalue weighted by molar-refractivity contribution is 5.89. The van der Waals surface area contributed by atoms with Crippen LogP contribution >= 0.6 is 0 Å². The Bertz CT molecular complexity index is 1420. The minimum atomic E-state index is -0.865. The van der Waals surface area contributed by atoms with Crippen LogP contribution in [0.25, 0.3) is 11.0 Å². The zero-order valence-corrected chi connectivity index (χ0v) is 22.6. The van der Waals surface area contributed by atoms with Crippen LogP contribution in [0.5, 0.6) is 5.75 Å². The van der Waals surface area contributed by atoms with Gasteiger partial charge in [-0.15, -0.1) is 5.10 Å². The number of benzene rings is 3. The Morgan fingerprint density at radius 2 is 1.76 bits per heavy atom. The van der Waals surface area contributed by atoms with E-state index in [-0.39, 0.29) is 18.4 Å². The lowest BCUT2D eigenvalue weighted by Crippen LogP contribution is -2.50. The van der Waals surface area contributed by atoms with Crippen LogP contribution in [0, 0.1) is 6.92 Å². The molecule has 0 bridgehead atoms. The van der Waals surface area contributed by atoms with Crippen LogP contribution < -0.4 is 10.1 Å². The number of carbonyl (C=O) groups excluding carboxylic acids is 2. The second-order valence-electron chi connectivity index (χ2n) is 10.4. The zero-order chi connectivity index (χ0) is 27.3. The number of nitrogens with zero attached hydrogens (tertiary/aromatic N) is 4. The molecule has 0 saturated heterocycles. The third-order valence-corrected chi connectivity index (χ3v) is 6.38. The maximum Gasteiger partial charge on any atom is 0.247 e. The Morgan fingerprint density at radius 3 is 2.50 bits per heavy atom. The standard InChI is InChI=1S/C30H35N5O3/c1-21-11-6-7-12-22(21)17-18-34(27(36)20-35-26-16-9-8-15-25(26)32-33-35)28(29(37)31-30(2,3)4)23-13-10-14-24(19-23)38-5/h6-16,19,28H,17-18,20H2,1-5H3,(H,31,37)/t28-/m0/s1. The van der Waals surface area contributed by atoms with Gasteiger partial charge in [0, 0.05) is 12.1 Å². The third-order valence-electron chi connectivity index (χ3n) is 6.38. The summed E-state index contributed by atoms with van der Waals surface area (Å²) in [5.41, 5.74) is 3.92. The van der Waals surface area contributed by atoms with E-state index in [2.05, 4.69) is 34.7 Å². The molecule has 198 valence electrons. The van der Waals surface area contributed by atoms with Crippen LogP contribution in [0.1, 0.15) is 43.5 Å². The van der Waals surface area contributed by atoms with Crippen LogP contribution in [0.4, 0.5) is 0 Å². The minimum Gasteiger partial charge on any atom is -0.497 e. The maximum atomic E-state index is 14.0. The predicted octanol–water partition coefficient (Wildman–Crippen LogP) is 4.48. The van der Waals surface area contributed by atoms with Gasteiger partial charge < -0.3 is 15.0 Å². The molecule has 1 heterocycles. The van der Waals surface area contributed by atoms with E-state index in [9.17, 15) is 9.59 Å². The van der Waals surface area contributed by atoms with Crippen LogP contribution in [0.15, 0.2) is 72.8 Å². The number of aromatic nitrogens is 3. The highest BCUT2D eigenvalue weighted by Gasteiger charge is 2.33. The van der Waals surface area contributed by atoms with Crippen molar-refractivity contribution in [1.82, 2.24) is 25.2 Å². The molecule has 0 radical (unpaired) electrons. The van der Waals surface area contributed by atoms with Gasteiger partial charge in [0.25, 0.3) is 0 Å². The lowest BCUT2D eigenvalue weighted by atomic mass is 9.99. The van der Waals surface area contributed by atoms with Gasteiger partial charge in [0.1, 0.15) is 23.9 Å². The fourth-order valence-electron chi connectivity index (χ4n) is 4.50. The van der Waals surface area contributed by atoms with Gasteiger partial charge in [0.15, 0.2) is 0 Å². The van der Waals surface area contributed by atoms with Crippen molar-refractivity contribution >= 4 is 22.8 Å². The molecule has 8 heteroatoms. The van der Waals surface area contributed by atoms with Crippen molar-refractivity contribution in [3.05, 3.63) is 89.5 Å². The number of hydrogen-bond acceptors (Lipinski definition) is 5. The number of rotatable bonds is 9. The third kappa shape index (κ3) is 6.37. The number of para-hydroxylation sites is 1. The molecule has 4 aromatic rings. The number of methoxy groups -OCH3 is 1. The minimum absolute atomic E-state index is 0.0441. The molecule has 0 aliphatic carbocycles. The van der Waals surface area contributed by atoms with E-state index in [4.69, 9.17) is 4.74 Å². The Morgan fingerprint density at radius 1 is 1.03 bits per heavy atom. The van der Waals surface area contributed by atoms with E-state index in [0.717, 1.165) is 16.6 Å². The van der Waals surface area contributed by atoms with Crippen molar-refractivity contribution in [3.8, 4) is 5.75 Å². The number of ether oxygens (including phenoxy) is 1. The summed E-state index contributed by atoms with van der Waals surface area (Å²) in [4.78, 5) is 29.5. The molecule has 0 aliphatic heterocycles. The van der Waals surface area contributed by atoms with E-state index in [1.165, 1.54) is 0 Å². The second kappa shape index (κ2) is 11.5. The molecule has 0 fully saturated rings. The molecule has 0 spiro atoms.